The van der Waals surface area contributed by atoms with Crippen LogP contribution < -0.4 is 5.32 Å². The van der Waals surface area contributed by atoms with Gasteiger partial charge in [0.2, 0.25) is 0 Å². The summed E-state index contributed by atoms with van der Waals surface area (Å²) < 4.78 is 4.90. The summed E-state index contributed by atoms with van der Waals surface area (Å²) in [5, 5.41) is 2.78. The molecule has 1 N–H and O–H groups in total. The van der Waals surface area contributed by atoms with Crippen LogP contribution in [0, 0.1) is 0 Å². The lowest BCUT2D eigenvalue weighted by atomic mass is 10.0. The standard InChI is InChI=1S/C20H19NO3/c1-2-3-5-14-20(23)24-15-19(22)21-18-13-9-8-12-17(18)16-10-6-4-7-11-16/h2-14H,15H2,1H3,(H,21,22)/b3-2+,14-5+. The molecule has 0 heterocycles. The lowest BCUT2D eigenvalue weighted by Gasteiger charge is -2.11. The molecular formula is C20H19NO3. The maximum Gasteiger partial charge on any atom is 0.331 e. The highest BCUT2D eigenvalue weighted by molar-refractivity contribution is 5.97. The van der Waals surface area contributed by atoms with Crippen molar-refractivity contribution in [3.05, 3.63) is 78.9 Å². The molecule has 4 nitrogen and oxygen atoms in total. The van der Waals surface area contributed by atoms with Gasteiger partial charge in [0, 0.05) is 17.3 Å². The first-order chi connectivity index (χ1) is 11.7. The van der Waals surface area contributed by atoms with Gasteiger partial charge in [-0.3, -0.25) is 4.79 Å². The Bertz CT molecular complexity index is 748. The number of rotatable bonds is 6. The van der Waals surface area contributed by atoms with Gasteiger partial charge in [-0.1, -0.05) is 66.8 Å². The van der Waals surface area contributed by atoms with Crippen molar-refractivity contribution in [2.75, 3.05) is 11.9 Å². The zero-order valence-electron chi connectivity index (χ0n) is 13.4. The van der Waals surface area contributed by atoms with Gasteiger partial charge < -0.3 is 10.1 Å². The van der Waals surface area contributed by atoms with Gasteiger partial charge in [0.05, 0.1) is 0 Å². The van der Waals surface area contributed by atoms with Crippen LogP contribution in [0.2, 0.25) is 0 Å². The SMILES string of the molecule is C/C=C/C=C/C(=O)OCC(=O)Nc1ccccc1-c1ccccc1. The summed E-state index contributed by atoms with van der Waals surface area (Å²) in [4.78, 5) is 23.4. The zero-order valence-corrected chi connectivity index (χ0v) is 13.4. The number of amides is 1. The fourth-order valence-electron chi connectivity index (χ4n) is 2.08. The molecule has 1 amide bonds. The largest absolute Gasteiger partial charge is 0.452 e. The van der Waals surface area contributed by atoms with Crippen LogP contribution in [0.15, 0.2) is 78.9 Å². The molecule has 0 aliphatic rings. The van der Waals surface area contributed by atoms with Crippen molar-refractivity contribution < 1.29 is 14.3 Å². The minimum Gasteiger partial charge on any atom is -0.452 e. The van der Waals surface area contributed by atoms with Crippen LogP contribution in [0.25, 0.3) is 11.1 Å². The van der Waals surface area contributed by atoms with Gasteiger partial charge >= 0.3 is 5.97 Å². The van der Waals surface area contributed by atoms with Gasteiger partial charge in [-0.05, 0) is 18.6 Å². The van der Waals surface area contributed by atoms with Gasteiger partial charge in [0.15, 0.2) is 6.61 Å². The van der Waals surface area contributed by atoms with E-state index in [1.54, 1.807) is 18.2 Å². The number of para-hydroxylation sites is 1. The Kier molecular flexibility index (Phi) is 6.53. The summed E-state index contributed by atoms with van der Waals surface area (Å²) in [5.41, 5.74) is 2.58. The smallest absolute Gasteiger partial charge is 0.331 e. The average molecular weight is 321 g/mol. The summed E-state index contributed by atoms with van der Waals surface area (Å²) in [6.45, 7) is 1.51. The lowest BCUT2D eigenvalue weighted by molar-refractivity contribution is -0.142. The van der Waals surface area contributed by atoms with E-state index >= 15 is 0 Å². The molecule has 0 aromatic heterocycles. The van der Waals surface area contributed by atoms with Crippen LogP contribution in [-0.2, 0) is 14.3 Å². The minimum atomic E-state index is -0.556. The van der Waals surface area contributed by atoms with Crippen molar-refractivity contribution in [3.63, 3.8) is 0 Å². The highest BCUT2D eigenvalue weighted by atomic mass is 16.5. The third-order valence-electron chi connectivity index (χ3n) is 3.17. The Hall–Kier alpha value is -3.14. The zero-order chi connectivity index (χ0) is 17.2. The van der Waals surface area contributed by atoms with E-state index in [9.17, 15) is 9.59 Å². The van der Waals surface area contributed by atoms with Gasteiger partial charge in [-0.15, -0.1) is 0 Å². The van der Waals surface area contributed by atoms with Crippen LogP contribution in [-0.4, -0.2) is 18.5 Å². The van der Waals surface area contributed by atoms with Crippen LogP contribution in [0.5, 0.6) is 0 Å². The topological polar surface area (TPSA) is 55.4 Å². The first-order valence-corrected chi connectivity index (χ1v) is 7.61. The predicted molar refractivity (Wildman–Crippen MR) is 95.4 cm³/mol. The number of nitrogens with one attached hydrogen (secondary N) is 1. The Morgan fingerprint density at radius 3 is 2.46 bits per heavy atom. The molecule has 0 fully saturated rings. The van der Waals surface area contributed by atoms with E-state index in [-0.39, 0.29) is 12.5 Å². The number of ether oxygens (including phenoxy) is 1. The number of allylic oxidation sites excluding steroid dienone is 3. The predicted octanol–water partition coefficient (Wildman–Crippen LogP) is 3.97. The summed E-state index contributed by atoms with van der Waals surface area (Å²) in [6.07, 6.45) is 6.32. The third kappa shape index (κ3) is 5.25. The molecule has 0 aliphatic heterocycles. The minimum absolute atomic E-state index is 0.331. The average Bonchev–Trinajstić information content (AvgIpc) is 2.61. The number of carbonyl (C=O) groups excluding carboxylic acids is 2. The maximum atomic E-state index is 12.0. The van der Waals surface area contributed by atoms with Crippen molar-refractivity contribution in [2.45, 2.75) is 6.92 Å². The molecule has 2 rings (SSSR count). The van der Waals surface area contributed by atoms with Crippen molar-refractivity contribution in [2.24, 2.45) is 0 Å². The molecule has 24 heavy (non-hydrogen) atoms. The second kappa shape index (κ2) is 9.10. The van der Waals surface area contributed by atoms with E-state index < -0.39 is 5.97 Å². The first kappa shape index (κ1) is 17.2. The number of hydrogen-bond acceptors (Lipinski definition) is 3. The summed E-state index contributed by atoms with van der Waals surface area (Å²) >= 11 is 0. The fraction of sp³-hybridized carbons (Fsp3) is 0.100. The quantitative estimate of drug-likeness (QED) is 0.497. The molecule has 2 aromatic rings. The number of carbonyl (C=O) groups is 2. The van der Waals surface area contributed by atoms with E-state index in [0.717, 1.165) is 11.1 Å². The Morgan fingerprint density at radius 1 is 1.00 bits per heavy atom. The number of anilines is 1. The third-order valence-corrected chi connectivity index (χ3v) is 3.17. The molecule has 2 aromatic carbocycles. The summed E-state index contributed by atoms with van der Waals surface area (Å²) in [6, 6.07) is 17.2. The second-order valence-corrected chi connectivity index (χ2v) is 4.95. The van der Waals surface area contributed by atoms with E-state index in [2.05, 4.69) is 5.32 Å². The molecule has 4 heteroatoms. The second-order valence-electron chi connectivity index (χ2n) is 4.95. The highest BCUT2D eigenvalue weighted by Gasteiger charge is 2.09. The molecule has 0 saturated carbocycles. The molecule has 0 unspecified atom stereocenters. The van der Waals surface area contributed by atoms with E-state index in [1.807, 2.05) is 61.5 Å². The molecule has 0 saturated heterocycles. The molecular weight excluding hydrogens is 302 g/mol. The van der Waals surface area contributed by atoms with Gasteiger partial charge in [-0.25, -0.2) is 4.79 Å². The number of benzene rings is 2. The van der Waals surface area contributed by atoms with Crippen LogP contribution in [0.4, 0.5) is 5.69 Å². The molecule has 122 valence electrons. The monoisotopic (exact) mass is 321 g/mol. The van der Waals surface area contributed by atoms with E-state index in [4.69, 9.17) is 4.74 Å². The van der Waals surface area contributed by atoms with Crippen molar-refractivity contribution in [3.8, 4) is 11.1 Å². The maximum absolute atomic E-state index is 12.0. The van der Waals surface area contributed by atoms with Gasteiger partial charge in [0.1, 0.15) is 0 Å². The molecule has 0 radical (unpaired) electrons. The Morgan fingerprint density at radius 2 is 1.71 bits per heavy atom. The van der Waals surface area contributed by atoms with Crippen molar-refractivity contribution in [1.82, 2.24) is 0 Å². The van der Waals surface area contributed by atoms with Gasteiger partial charge in [0.25, 0.3) is 5.91 Å². The van der Waals surface area contributed by atoms with E-state index in [1.165, 1.54) is 6.08 Å². The fourth-order valence-corrected chi connectivity index (χ4v) is 2.08. The lowest BCUT2D eigenvalue weighted by Crippen LogP contribution is -2.20. The molecule has 0 atom stereocenters. The number of esters is 1. The Labute approximate surface area is 141 Å². The summed E-state index contributed by atoms with van der Waals surface area (Å²) in [5.74, 6) is -0.939. The first-order valence-electron chi connectivity index (χ1n) is 7.61. The van der Waals surface area contributed by atoms with Crippen LogP contribution >= 0.6 is 0 Å². The van der Waals surface area contributed by atoms with Crippen LogP contribution in [0.3, 0.4) is 0 Å². The van der Waals surface area contributed by atoms with E-state index in [0.29, 0.717) is 5.69 Å². The Balaban J connectivity index is 1.99. The highest BCUT2D eigenvalue weighted by Crippen LogP contribution is 2.27. The van der Waals surface area contributed by atoms with Crippen LogP contribution in [0.1, 0.15) is 6.92 Å². The molecule has 0 aliphatic carbocycles. The van der Waals surface area contributed by atoms with Crippen molar-refractivity contribution >= 4 is 17.6 Å². The number of hydrogen-bond donors (Lipinski definition) is 1. The van der Waals surface area contributed by atoms with Crippen molar-refractivity contribution in [1.29, 1.82) is 0 Å². The summed E-state index contributed by atoms with van der Waals surface area (Å²) in [7, 11) is 0. The normalized spacial score (nSPS) is 10.9. The molecule has 0 bridgehead atoms. The van der Waals surface area contributed by atoms with Gasteiger partial charge in [-0.2, -0.15) is 0 Å². The molecule has 0 spiro atoms.